The lowest BCUT2D eigenvalue weighted by Gasteiger charge is -2.56. The molecule has 2 N–H and O–H groups in total. The highest BCUT2D eigenvalue weighted by atomic mass is 16.5. The quantitative estimate of drug-likeness (QED) is 0.246. The molecule has 0 heterocycles. The molecular formula is C31H46O5. The summed E-state index contributed by atoms with van der Waals surface area (Å²) >= 11 is 0. The maximum absolute atomic E-state index is 11.6. The Kier molecular flexibility index (Phi) is 8.15. The number of ether oxygens (including phenoxy) is 1. The van der Waals surface area contributed by atoms with Crippen molar-refractivity contribution in [2.75, 3.05) is 7.11 Å². The molecule has 36 heavy (non-hydrogen) atoms. The van der Waals surface area contributed by atoms with E-state index >= 15 is 0 Å². The molecule has 0 aromatic carbocycles. The van der Waals surface area contributed by atoms with Gasteiger partial charge in [0, 0.05) is 24.5 Å². The van der Waals surface area contributed by atoms with Gasteiger partial charge in [-0.1, -0.05) is 51.2 Å². The van der Waals surface area contributed by atoms with Gasteiger partial charge >= 0.3 is 11.9 Å². The Morgan fingerprint density at radius 1 is 1.22 bits per heavy atom. The smallest absolute Gasteiger partial charge is 0.330 e. The number of fused-ring (bicyclic) bond motifs is 3. The van der Waals surface area contributed by atoms with E-state index in [1.54, 1.807) is 14.0 Å². The van der Waals surface area contributed by atoms with Crippen molar-refractivity contribution in [3.8, 4) is 0 Å². The van der Waals surface area contributed by atoms with E-state index in [1.807, 2.05) is 6.08 Å². The molecule has 0 spiro atoms. The van der Waals surface area contributed by atoms with Crippen LogP contribution in [-0.2, 0) is 14.3 Å². The van der Waals surface area contributed by atoms with E-state index in [0.29, 0.717) is 23.8 Å². The SMILES string of the molecule is C=C(C)C1CCC2C(=CC3(OC)C(=C)C(C(C)CCC=C(C)C(=O)O)CCC23C)C1(C)CCC(=O)O. The number of hydrogen-bond acceptors (Lipinski definition) is 3. The van der Waals surface area contributed by atoms with Crippen molar-refractivity contribution in [2.45, 2.75) is 91.6 Å². The predicted octanol–water partition coefficient (Wildman–Crippen LogP) is 7.20. The summed E-state index contributed by atoms with van der Waals surface area (Å²) in [5.74, 6) is -0.387. The van der Waals surface area contributed by atoms with Crippen LogP contribution in [0.3, 0.4) is 0 Å². The van der Waals surface area contributed by atoms with Crippen LogP contribution in [0.2, 0.25) is 0 Å². The lowest BCUT2D eigenvalue weighted by atomic mass is 9.51. The highest BCUT2D eigenvalue weighted by Crippen LogP contribution is 2.69. The van der Waals surface area contributed by atoms with Crippen LogP contribution >= 0.6 is 0 Å². The minimum absolute atomic E-state index is 0.116. The van der Waals surface area contributed by atoms with E-state index in [4.69, 9.17) is 9.84 Å². The molecule has 7 unspecified atom stereocenters. The first kappa shape index (κ1) is 28.4. The van der Waals surface area contributed by atoms with Gasteiger partial charge in [0.25, 0.3) is 0 Å². The molecule has 3 aliphatic rings. The second-order valence-corrected chi connectivity index (χ2v) is 12.2. The van der Waals surface area contributed by atoms with E-state index in [-0.39, 0.29) is 29.1 Å². The number of aliphatic carboxylic acids is 2. The van der Waals surface area contributed by atoms with Gasteiger partial charge in [0.15, 0.2) is 0 Å². The zero-order chi connectivity index (χ0) is 27.1. The van der Waals surface area contributed by atoms with Gasteiger partial charge < -0.3 is 14.9 Å². The first-order valence-electron chi connectivity index (χ1n) is 13.5. The van der Waals surface area contributed by atoms with Crippen LogP contribution < -0.4 is 0 Å². The summed E-state index contributed by atoms with van der Waals surface area (Å²) in [6.07, 6.45) is 10.7. The average Bonchev–Trinajstić information content (AvgIpc) is 3.08. The summed E-state index contributed by atoms with van der Waals surface area (Å²) in [4.78, 5) is 22.8. The standard InChI is InChI=1S/C31H46O5/c1-19(2)24-12-13-25-26(29(24,6)16-15-27(32)33)18-31(36-8)22(5)23(14-17-30(25,31)7)20(3)10-9-11-21(4)28(34)35/h11,18,20,23-25H,1,5,9-10,12-17H2,2-4,6-8H3,(H,32,33)(H,34,35). The fourth-order valence-corrected chi connectivity index (χ4v) is 8.08. The number of methoxy groups -OCH3 is 1. The van der Waals surface area contributed by atoms with E-state index in [1.165, 1.54) is 5.57 Å². The Hall–Kier alpha value is -2.14. The lowest BCUT2D eigenvalue weighted by molar-refractivity contribution is -0.138. The molecular weight excluding hydrogens is 452 g/mol. The molecule has 0 aromatic heterocycles. The molecule has 0 saturated heterocycles. The second kappa shape index (κ2) is 10.3. The predicted molar refractivity (Wildman–Crippen MR) is 144 cm³/mol. The average molecular weight is 499 g/mol. The Balaban J connectivity index is 1.97. The van der Waals surface area contributed by atoms with Gasteiger partial charge in [0.1, 0.15) is 5.60 Å². The maximum Gasteiger partial charge on any atom is 0.330 e. The van der Waals surface area contributed by atoms with Crippen LogP contribution in [0, 0.1) is 34.5 Å². The Labute approximate surface area is 217 Å². The second-order valence-electron chi connectivity index (χ2n) is 12.2. The van der Waals surface area contributed by atoms with Crippen LogP contribution in [0.1, 0.15) is 86.0 Å². The third-order valence-electron chi connectivity index (χ3n) is 10.3. The molecule has 0 aromatic rings. The van der Waals surface area contributed by atoms with Crippen LogP contribution in [-0.4, -0.2) is 34.9 Å². The first-order valence-corrected chi connectivity index (χ1v) is 13.5. The van der Waals surface area contributed by atoms with E-state index in [0.717, 1.165) is 49.7 Å². The molecule has 200 valence electrons. The Morgan fingerprint density at radius 3 is 2.44 bits per heavy atom. The summed E-state index contributed by atoms with van der Waals surface area (Å²) in [6.45, 7) is 19.5. The number of carbonyl (C=O) groups is 2. The zero-order valence-electron chi connectivity index (χ0n) is 23.2. The first-order chi connectivity index (χ1) is 16.7. The van der Waals surface area contributed by atoms with Crippen LogP contribution in [0.5, 0.6) is 0 Å². The van der Waals surface area contributed by atoms with Gasteiger partial charge in [-0.2, -0.15) is 0 Å². The minimum Gasteiger partial charge on any atom is -0.481 e. The molecule has 2 fully saturated rings. The molecule has 7 atom stereocenters. The lowest BCUT2D eigenvalue weighted by Crippen LogP contribution is -2.54. The molecule has 0 amide bonds. The molecule has 3 aliphatic carbocycles. The van der Waals surface area contributed by atoms with Crippen LogP contribution in [0.15, 0.2) is 47.6 Å². The molecule has 0 radical (unpaired) electrons. The summed E-state index contributed by atoms with van der Waals surface area (Å²) < 4.78 is 6.47. The zero-order valence-corrected chi connectivity index (χ0v) is 23.2. The van der Waals surface area contributed by atoms with Crippen molar-refractivity contribution >= 4 is 11.9 Å². The van der Waals surface area contributed by atoms with Gasteiger partial charge in [-0.15, -0.1) is 0 Å². The third-order valence-corrected chi connectivity index (χ3v) is 10.3. The van der Waals surface area contributed by atoms with Crippen LogP contribution in [0.25, 0.3) is 0 Å². The summed E-state index contributed by atoms with van der Waals surface area (Å²) in [7, 11) is 1.80. The number of hydrogen-bond donors (Lipinski definition) is 2. The van der Waals surface area contributed by atoms with Crippen molar-refractivity contribution in [1.82, 2.24) is 0 Å². The molecule has 5 nitrogen and oxygen atoms in total. The molecule has 0 bridgehead atoms. The molecule has 3 rings (SSSR count). The highest BCUT2D eigenvalue weighted by Gasteiger charge is 2.65. The van der Waals surface area contributed by atoms with Crippen molar-refractivity contribution in [3.63, 3.8) is 0 Å². The van der Waals surface area contributed by atoms with E-state index in [2.05, 4.69) is 46.9 Å². The third kappa shape index (κ3) is 4.53. The topological polar surface area (TPSA) is 83.8 Å². The monoisotopic (exact) mass is 498 g/mol. The fraction of sp³-hybridized carbons (Fsp3) is 0.677. The van der Waals surface area contributed by atoms with Crippen molar-refractivity contribution < 1.29 is 24.5 Å². The molecule has 0 aliphatic heterocycles. The van der Waals surface area contributed by atoms with Gasteiger partial charge in [-0.05, 0) is 99.5 Å². The van der Waals surface area contributed by atoms with Gasteiger partial charge in [0.2, 0.25) is 0 Å². The number of allylic oxidation sites excluding steroid dienone is 3. The fourth-order valence-electron chi connectivity index (χ4n) is 8.08. The van der Waals surface area contributed by atoms with Crippen molar-refractivity contribution in [2.24, 2.45) is 34.5 Å². The van der Waals surface area contributed by atoms with E-state index < -0.39 is 17.5 Å². The van der Waals surface area contributed by atoms with Gasteiger partial charge in [-0.3, -0.25) is 4.79 Å². The van der Waals surface area contributed by atoms with Crippen molar-refractivity contribution in [3.05, 3.63) is 47.6 Å². The Bertz CT molecular complexity index is 989. The molecule has 5 heteroatoms. The highest BCUT2D eigenvalue weighted by molar-refractivity contribution is 5.85. The number of carboxylic acid groups (broad SMARTS) is 2. The summed E-state index contributed by atoms with van der Waals surface area (Å²) in [5, 5.41) is 18.7. The maximum atomic E-state index is 11.6. The van der Waals surface area contributed by atoms with Gasteiger partial charge in [0.05, 0.1) is 0 Å². The summed E-state index contributed by atoms with van der Waals surface area (Å²) in [6, 6.07) is 0. The normalized spacial score (nSPS) is 37.1. The Morgan fingerprint density at radius 2 is 1.89 bits per heavy atom. The largest absolute Gasteiger partial charge is 0.481 e. The van der Waals surface area contributed by atoms with Crippen molar-refractivity contribution in [1.29, 1.82) is 0 Å². The summed E-state index contributed by atoms with van der Waals surface area (Å²) in [5.41, 5.74) is 3.03. The molecule has 2 saturated carbocycles. The minimum atomic E-state index is -0.863. The number of carboxylic acids is 2. The van der Waals surface area contributed by atoms with E-state index in [9.17, 15) is 14.7 Å². The number of rotatable bonds is 10. The van der Waals surface area contributed by atoms with Gasteiger partial charge in [-0.25, -0.2) is 4.79 Å². The van der Waals surface area contributed by atoms with Crippen LogP contribution in [0.4, 0.5) is 0 Å².